The Morgan fingerprint density at radius 3 is 2.67 bits per heavy atom. The van der Waals surface area contributed by atoms with Gasteiger partial charge in [0.1, 0.15) is 16.4 Å². The third kappa shape index (κ3) is 5.05. The average Bonchev–Trinajstić information content (AvgIpc) is 3.07. The lowest BCUT2D eigenvalue weighted by Gasteiger charge is -2.04. The van der Waals surface area contributed by atoms with E-state index >= 15 is 0 Å². The molecule has 2 aromatic carbocycles. The molecule has 0 saturated heterocycles. The van der Waals surface area contributed by atoms with E-state index in [0.29, 0.717) is 15.8 Å². The molecule has 0 spiro atoms. The molecule has 0 unspecified atom stereocenters. The van der Waals surface area contributed by atoms with Crippen molar-refractivity contribution in [1.82, 2.24) is 4.98 Å². The van der Waals surface area contributed by atoms with Gasteiger partial charge < -0.3 is 9.84 Å². The second-order valence-electron chi connectivity index (χ2n) is 5.37. The fraction of sp³-hybridized carbons (Fsp3) is 0.105. The normalized spacial score (nSPS) is 10.7. The number of thiazole rings is 1. The molecule has 0 atom stereocenters. The van der Waals surface area contributed by atoms with Gasteiger partial charge in [-0.1, -0.05) is 41.7 Å². The molecule has 3 aromatic rings. The van der Waals surface area contributed by atoms with Crippen molar-refractivity contribution in [3.63, 3.8) is 0 Å². The number of ether oxygens (including phenoxy) is 1. The average molecular weight is 382 g/mol. The van der Waals surface area contributed by atoms with Crippen LogP contribution in [0.3, 0.4) is 0 Å². The first-order valence-electron chi connectivity index (χ1n) is 8.24. The molecule has 0 bridgehead atoms. The molecular formula is C19H18N4O3S. The van der Waals surface area contributed by atoms with Gasteiger partial charge in [0.15, 0.2) is 0 Å². The molecule has 8 heteroatoms. The zero-order valence-electron chi connectivity index (χ0n) is 14.5. The predicted octanol–water partition coefficient (Wildman–Crippen LogP) is 4.53. The number of nitrogens with zero attached hydrogens (tertiary/aromatic N) is 2. The molecule has 27 heavy (non-hydrogen) atoms. The van der Waals surface area contributed by atoms with Crippen LogP contribution in [-0.2, 0) is 4.74 Å². The van der Waals surface area contributed by atoms with Crippen molar-refractivity contribution in [1.29, 1.82) is 0 Å². The molecule has 0 radical (unpaired) electrons. The number of benzene rings is 2. The molecule has 3 rings (SSSR count). The van der Waals surface area contributed by atoms with Crippen molar-refractivity contribution >= 4 is 33.8 Å². The van der Waals surface area contributed by atoms with Gasteiger partial charge >= 0.3 is 6.09 Å². The summed E-state index contributed by atoms with van der Waals surface area (Å²) in [6, 6.07) is 16.2. The number of phenolic OH excluding ortho intramolecular Hbond substituents is 1. The van der Waals surface area contributed by atoms with Crippen LogP contribution in [0, 0.1) is 0 Å². The maximum absolute atomic E-state index is 11.8. The highest BCUT2D eigenvalue weighted by molar-refractivity contribution is 7.20. The quantitative estimate of drug-likeness (QED) is 0.430. The molecule has 0 aliphatic carbocycles. The number of phenols is 1. The van der Waals surface area contributed by atoms with Crippen LogP contribution in [-0.4, -0.2) is 29.0 Å². The summed E-state index contributed by atoms with van der Waals surface area (Å²) in [6.07, 6.45) is 1.08. The Hall–Kier alpha value is -3.39. The SMILES string of the molecule is CCOC(=O)Nc1sc(NN=Cc2ccc(O)cc2)nc1-c1ccccc1. The molecule has 138 valence electrons. The van der Waals surface area contributed by atoms with Gasteiger partial charge in [-0.15, -0.1) is 0 Å². The number of anilines is 2. The first-order chi connectivity index (χ1) is 13.2. The summed E-state index contributed by atoms with van der Waals surface area (Å²) in [5.74, 6) is 0.196. The highest BCUT2D eigenvalue weighted by atomic mass is 32.1. The van der Waals surface area contributed by atoms with Crippen LogP contribution in [0.2, 0.25) is 0 Å². The highest BCUT2D eigenvalue weighted by Crippen LogP contribution is 2.35. The minimum absolute atomic E-state index is 0.196. The first-order valence-corrected chi connectivity index (χ1v) is 9.05. The van der Waals surface area contributed by atoms with Crippen molar-refractivity contribution in [2.24, 2.45) is 5.10 Å². The van der Waals surface area contributed by atoms with Crippen molar-refractivity contribution in [3.05, 3.63) is 60.2 Å². The van der Waals surface area contributed by atoms with E-state index in [1.54, 1.807) is 37.4 Å². The van der Waals surface area contributed by atoms with E-state index in [2.05, 4.69) is 20.8 Å². The zero-order chi connectivity index (χ0) is 19.1. The van der Waals surface area contributed by atoms with E-state index in [0.717, 1.165) is 11.1 Å². The summed E-state index contributed by atoms with van der Waals surface area (Å²) < 4.78 is 4.95. The Bertz CT molecular complexity index is 924. The van der Waals surface area contributed by atoms with Crippen molar-refractivity contribution < 1.29 is 14.6 Å². The Kier molecular flexibility index (Phi) is 6.01. The van der Waals surface area contributed by atoms with Crippen LogP contribution in [0.25, 0.3) is 11.3 Å². The lowest BCUT2D eigenvalue weighted by atomic mass is 10.2. The summed E-state index contributed by atoms with van der Waals surface area (Å²) in [5, 5.41) is 17.3. The monoisotopic (exact) mass is 382 g/mol. The second kappa shape index (κ2) is 8.81. The van der Waals surface area contributed by atoms with Crippen LogP contribution in [0.1, 0.15) is 12.5 Å². The van der Waals surface area contributed by atoms with E-state index < -0.39 is 6.09 Å². The predicted molar refractivity (Wildman–Crippen MR) is 108 cm³/mol. The molecule has 0 fully saturated rings. The number of nitrogens with one attached hydrogen (secondary N) is 2. The summed E-state index contributed by atoms with van der Waals surface area (Å²) >= 11 is 1.26. The highest BCUT2D eigenvalue weighted by Gasteiger charge is 2.15. The summed E-state index contributed by atoms with van der Waals surface area (Å²) in [7, 11) is 0. The lowest BCUT2D eigenvalue weighted by Crippen LogP contribution is -2.12. The molecule has 3 N–H and O–H groups in total. The van der Waals surface area contributed by atoms with E-state index in [1.165, 1.54) is 11.3 Å². The number of amides is 1. The molecule has 1 aromatic heterocycles. The number of hydrogen-bond acceptors (Lipinski definition) is 7. The maximum atomic E-state index is 11.8. The standard InChI is InChI=1S/C19H18N4O3S/c1-2-26-19(25)22-17-16(14-6-4-3-5-7-14)21-18(27-17)23-20-12-13-8-10-15(24)11-9-13/h3-12,24H,2H2,1H3,(H,21,23)(H,22,25). The van der Waals surface area contributed by atoms with E-state index in [4.69, 9.17) is 4.74 Å². The number of carbonyl (C=O) groups excluding carboxylic acids is 1. The van der Waals surface area contributed by atoms with Gasteiger partial charge in [-0.25, -0.2) is 9.78 Å². The zero-order valence-corrected chi connectivity index (χ0v) is 15.4. The Labute approximate surface area is 160 Å². The molecule has 1 amide bonds. The largest absolute Gasteiger partial charge is 0.508 e. The molecule has 1 heterocycles. The summed E-state index contributed by atoms with van der Waals surface area (Å²) in [5.41, 5.74) is 5.20. The molecule has 0 aliphatic rings. The fourth-order valence-corrected chi connectivity index (χ4v) is 3.05. The minimum Gasteiger partial charge on any atom is -0.508 e. The van der Waals surface area contributed by atoms with Gasteiger partial charge in [0.25, 0.3) is 0 Å². The van der Waals surface area contributed by atoms with Crippen molar-refractivity contribution in [2.75, 3.05) is 17.3 Å². The van der Waals surface area contributed by atoms with E-state index in [9.17, 15) is 9.90 Å². The van der Waals surface area contributed by atoms with Crippen LogP contribution >= 0.6 is 11.3 Å². The van der Waals surface area contributed by atoms with Crippen molar-refractivity contribution in [2.45, 2.75) is 6.92 Å². The molecule has 0 aliphatic heterocycles. The van der Waals surface area contributed by atoms with E-state index in [1.807, 2.05) is 30.3 Å². The molecule has 7 nitrogen and oxygen atoms in total. The number of hydrazone groups is 1. The molecule has 0 saturated carbocycles. The smallest absolute Gasteiger partial charge is 0.412 e. The Morgan fingerprint density at radius 1 is 1.22 bits per heavy atom. The van der Waals surface area contributed by atoms with Gasteiger partial charge in [-0.2, -0.15) is 5.10 Å². The number of rotatable bonds is 6. The number of aromatic hydroxyl groups is 1. The number of carbonyl (C=O) groups is 1. The van der Waals surface area contributed by atoms with Crippen LogP contribution < -0.4 is 10.7 Å². The van der Waals surface area contributed by atoms with Crippen molar-refractivity contribution in [3.8, 4) is 17.0 Å². The van der Waals surface area contributed by atoms with E-state index in [-0.39, 0.29) is 12.4 Å². The lowest BCUT2D eigenvalue weighted by molar-refractivity contribution is 0.168. The number of aromatic nitrogens is 1. The van der Waals surface area contributed by atoms with Gasteiger partial charge in [-0.05, 0) is 36.8 Å². The second-order valence-corrected chi connectivity index (χ2v) is 6.37. The summed E-state index contributed by atoms with van der Waals surface area (Å²) in [4.78, 5) is 16.3. The van der Waals surface area contributed by atoms with Crippen LogP contribution in [0.5, 0.6) is 5.75 Å². The third-order valence-corrected chi connectivity index (χ3v) is 4.31. The van der Waals surface area contributed by atoms with Gasteiger partial charge in [-0.3, -0.25) is 10.7 Å². The van der Waals surface area contributed by atoms with Crippen LogP contribution in [0.15, 0.2) is 59.7 Å². The third-order valence-electron chi connectivity index (χ3n) is 3.43. The minimum atomic E-state index is -0.530. The Morgan fingerprint density at radius 2 is 1.96 bits per heavy atom. The molecular weight excluding hydrogens is 364 g/mol. The van der Waals surface area contributed by atoms with Gasteiger partial charge in [0, 0.05) is 5.56 Å². The van der Waals surface area contributed by atoms with Gasteiger partial charge in [0.2, 0.25) is 5.13 Å². The topological polar surface area (TPSA) is 95.8 Å². The fourth-order valence-electron chi connectivity index (χ4n) is 2.23. The van der Waals surface area contributed by atoms with Crippen LogP contribution in [0.4, 0.5) is 14.9 Å². The van der Waals surface area contributed by atoms with Gasteiger partial charge in [0.05, 0.1) is 12.8 Å². The first kappa shape index (κ1) is 18.4. The summed E-state index contributed by atoms with van der Waals surface area (Å²) in [6.45, 7) is 2.03. The Balaban J connectivity index is 1.80. The number of hydrogen-bond donors (Lipinski definition) is 3. The maximum Gasteiger partial charge on any atom is 0.412 e.